The van der Waals surface area contributed by atoms with E-state index in [1.54, 1.807) is 13.0 Å². The fourth-order valence-corrected chi connectivity index (χ4v) is 2.85. The lowest BCUT2D eigenvalue weighted by Gasteiger charge is -2.19. The van der Waals surface area contributed by atoms with E-state index in [2.05, 4.69) is 5.32 Å². The second kappa shape index (κ2) is 9.42. The van der Waals surface area contributed by atoms with E-state index in [9.17, 15) is 9.59 Å². The maximum atomic E-state index is 12.6. The number of aryl methyl sites for hydroxylation is 2. The smallest absolute Gasteiger partial charge is 0.339 e. The number of hydrogen-bond donors (Lipinski definition) is 1. The van der Waals surface area contributed by atoms with Crippen LogP contribution in [0.1, 0.15) is 41.8 Å². The van der Waals surface area contributed by atoms with E-state index in [0.29, 0.717) is 17.9 Å². The highest BCUT2D eigenvalue weighted by Gasteiger charge is 2.20. The van der Waals surface area contributed by atoms with E-state index >= 15 is 0 Å². The molecular formula is C21H24ClNO4. The van der Waals surface area contributed by atoms with Crippen LogP contribution in [-0.2, 0) is 9.53 Å². The van der Waals surface area contributed by atoms with Crippen molar-refractivity contribution < 1.29 is 19.1 Å². The molecule has 1 N–H and O–H groups in total. The van der Waals surface area contributed by atoms with E-state index in [4.69, 9.17) is 21.1 Å². The summed E-state index contributed by atoms with van der Waals surface area (Å²) in [4.78, 5) is 24.4. The average Bonchev–Trinajstić information content (AvgIpc) is 2.61. The SMILES string of the molecule is CCOC(=O)c1ccc(NC(=O)[C@H](CC)Oc2ccc(C)cc2C)cc1Cl. The minimum Gasteiger partial charge on any atom is -0.480 e. The lowest BCUT2D eigenvalue weighted by Crippen LogP contribution is -2.32. The molecule has 2 aromatic carbocycles. The Balaban J connectivity index is 2.10. The lowest BCUT2D eigenvalue weighted by molar-refractivity contribution is -0.122. The van der Waals surface area contributed by atoms with Gasteiger partial charge in [0, 0.05) is 5.69 Å². The molecule has 0 radical (unpaired) electrons. The molecule has 6 heteroatoms. The zero-order valence-electron chi connectivity index (χ0n) is 16.0. The summed E-state index contributed by atoms with van der Waals surface area (Å²) < 4.78 is 10.8. The van der Waals surface area contributed by atoms with Crippen molar-refractivity contribution in [2.75, 3.05) is 11.9 Å². The van der Waals surface area contributed by atoms with Crippen LogP contribution in [0.4, 0.5) is 5.69 Å². The molecule has 2 aromatic rings. The summed E-state index contributed by atoms with van der Waals surface area (Å²) in [6, 6.07) is 10.5. The molecule has 0 saturated heterocycles. The van der Waals surface area contributed by atoms with Crippen LogP contribution in [-0.4, -0.2) is 24.6 Å². The van der Waals surface area contributed by atoms with Crippen molar-refractivity contribution in [1.82, 2.24) is 0 Å². The summed E-state index contributed by atoms with van der Waals surface area (Å²) in [6.07, 6.45) is -0.136. The highest BCUT2D eigenvalue weighted by atomic mass is 35.5. The average molecular weight is 390 g/mol. The highest BCUT2D eigenvalue weighted by Crippen LogP contribution is 2.24. The van der Waals surface area contributed by atoms with Crippen LogP contribution in [0, 0.1) is 13.8 Å². The van der Waals surface area contributed by atoms with Gasteiger partial charge in [-0.3, -0.25) is 4.79 Å². The Morgan fingerprint density at radius 2 is 1.85 bits per heavy atom. The molecule has 0 aliphatic heterocycles. The molecule has 5 nitrogen and oxygen atoms in total. The summed E-state index contributed by atoms with van der Waals surface area (Å²) >= 11 is 6.14. The van der Waals surface area contributed by atoms with Crippen molar-refractivity contribution in [2.45, 2.75) is 40.2 Å². The number of carbonyl (C=O) groups excluding carboxylic acids is 2. The number of halogens is 1. The van der Waals surface area contributed by atoms with E-state index in [-0.39, 0.29) is 23.1 Å². The summed E-state index contributed by atoms with van der Waals surface area (Å²) in [7, 11) is 0. The summed E-state index contributed by atoms with van der Waals surface area (Å²) in [5.74, 6) is -0.0966. The van der Waals surface area contributed by atoms with Crippen LogP contribution in [0.3, 0.4) is 0 Å². The number of amides is 1. The van der Waals surface area contributed by atoms with Crippen molar-refractivity contribution in [3.05, 3.63) is 58.1 Å². The molecule has 1 amide bonds. The highest BCUT2D eigenvalue weighted by molar-refractivity contribution is 6.34. The Morgan fingerprint density at radius 3 is 2.44 bits per heavy atom. The molecule has 0 fully saturated rings. The standard InChI is InChI=1S/C21H24ClNO4/c1-5-18(27-19-10-7-13(3)11-14(19)4)20(24)23-15-8-9-16(17(22)12-15)21(25)26-6-2/h7-12,18H,5-6H2,1-4H3,(H,23,24)/t18-/m0/s1. The number of anilines is 1. The monoisotopic (exact) mass is 389 g/mol. The zero-order chi connectivity index (χ0) is 20.0. The van der Waals surface area contributed by atoms with Crippen LogP contribution >= 0.6 is 11.6 Å². The fraction of sp³-hybridized carbons (Fsp3) is 0.333. The van der Waals surface area contributed by atoms with Gasteiger partial charge in [0.05, 0.1) is 17.2 Å². The van der Waals surface area contributed by atoms with Crippen molar-refractivity contribution in [1.29, 1.82) is 0 Å². The second-order valence-electron chi connectivity index (χ2n) is 6.19. The van der Waals surface area contributed by atoms with Crippen LogP contribution in [0.15, 0.2) is 36.4 Å². The number of rotatable bonds is 7. The number of nitrogens with one attached hydrogen (secondary N) is 1. The number of benzene rings is 2. The number of carbonyl (C=O) groups is 2. The topological polar surface area (TPSA) is 64.6 Å². The Labute approximate surface area is 164 Å². The Bertz CT molecular complexity index is 835. The van der Waals surface area contributed by atoms with E-state index in [0.717, 1.165) is 11.1 Å². The van der Waals surface area contributed by atoms with Gasteiger partial charge in [0.15, 0.2) is 6.10 Å². The quantitative estimate of drug-likeness (QED) is 0.682. The molecular weight excluding hydrogens is 366 g/mol. The second-order valence-corrected chi connectivity index (χ2v) is 6.60. The third kappa shape index (κ3) is 5.47. The first-order chi connectivity index (χ1) is 12.8. The predicted molar refractivity (Wildman–Crippen MR) is 107 cm³/mol. The van der Waals surface area contributed by atoms with Gasteiger partial charge in [0.2, 0.25) is 0 Å². The van der Waals surface area contributed by atoms with Crippen LogP contribution in [0.25, 0.3) is 0 Å². The number of hydrogen-bond acceptors (Lipinski definition) is 4. The zero-order valence-corrected chi connectivity index (χ0v) is 16.7. The molecule has 0 spiro atoms. The molecule has 0 unspecified atom stereocenters. The van der Waals surface area contributed by atoms with Crippen molar-refractivity contribution >= 4 is 29.2 Å². The number of esters is 1. The van der Waals surface area contributed by atoms with Crippen molar-refractivity contribution in [3.8, 4) is 5.75 Å². The molecule has 0 bridgehead atoms. The predicted octanol–water partition coefficient (Wildman–Crippen LogP) is 4.93. The molecule has 2 rings (SSSR count). The van der Waals surface area contributed by atoms with Gasteiger partial charge in [0.25, 0.3) is 5.91 Å². The maximum absolute atomic E-state index is 12.6. The summed E-state index contributed by atoms with van der Waals surface area (Å²) in [6.45, 7) is 7.82. The van der Waals surface area contributed by atoms with Gasteiger partial charge in [-0.15, -0.1) is 0 Å². The van der Waals surface area contributed by atoms with Gasteiger partial charge in [-0.2, -0.15) is 0 Å². The van der Waals surface area contributed by atoms with E-state index in [1.165, 1.54) is 12.1 Å². The van der Waals surface area contributed by atoms with Gasteiger partial charge in [-0.25, -0.2) is 4.79 Å². The van der Waals surface area contributed by atoms with E-state index in [1.807, 2.05) is 39.0 Å². The van der Waals surface area contributed by atoms with E-state index < -0.39 is 12.1 Å². The largest absolute Gasteiger partial charge is 0.480 e. The maximum Gasteiger partial charge on any atom is 0.339 e. The summed E-state index contributed by atoms with van der Waals surface area (Å²) in [5.41, 5.74) is 2.85. The Morgan fingerprint density at radius 1 is 1.11 bits per heavy atom. The lowest BCUT2D eigenvalue weighted by atomic mass is 10.1. The molecule has 0 saturated carbocycles. The first kappa shape index (κ1) is 20.8. The van der Waals surface area contributed by atoms with Crippen molar-refractivity contribution in [3.63, 3.8) is 0 Å². The van der Waals surface area contributed by atoms with Gasteiger partial charge >= 0.3 is 5.97 Å². The van der Waals surface area contributed by atoms with Gasteiger partial charge in [-0.1, -0.05) is 36.2 Å². The molecule has 144 valence electrons. The minimum atomic E-state index is -0.644. The molecule has 0 aliphatic rings. The van der Waals surface area contributed by atoms with Gasteiger partial charge in [-0.05, 0) is 57.0 Å². The van der Waals surface area contributed by atoms with Crippen LogP contribution < -0.4 is 10.1 Å². The molecule has 0 aliphatic carbocycles. The molecule has 27 heavy (non-hydrogen) atoms. The normalized spacial score (nSPS) is 11.6. The number of ether oxygens (including phenoxy) is 2. The van der Waals surface area contributed by atoms with Crippen LogP contribution in [0.5, 0.6) is 5.75 Å². The van der Waals surface area contributed by atoms with Crippen LogP contribution in [0.2, 0.25) is 5.02 Å². The van der Waals surface area contributed by atoms with Crippen molar-refractivity contribution in [2.24, 2.45) is 0 Å². The Hall–Kier alpha value is -2.53. The molecule has 0 heterocycles. The summed E-state index contributed by atoms with van der Waals surface area (Å²) in [5, 5.41) is 3.00. The third-order valence-electron chi connectivity index (χ3n) is 3.99. The third-order valence-corrected chi connectivity index (χ3v) is 4.31. The molecule has 1 atom stereocenters. The first-order valence-corrected chi connectivity index (χ1v) is 9.25. The molecule has 0 aromatic heterocycles. The van der Waals surface area contributed by atoms with Gasteiger partial charge < -0.3 is 14.8 Å². The Kier molecular flexibility index (Phi) is 7.25. The van der Waals surface area contributed by atoms with Gasteiger partial charge in [0.1, 0.15) is 5.75 Å². The minimum absolute atomic E-state index is 0.217. The first-order valence-electron chi connectivity index (χ1n) is 8.87. The fourth-order valence-electron chi connectivity index (χ4n) is 2.60.